The molecular formula is C19H31OP. The number of benzene rings is 1. The first-order chi connectivity index (χ1) is 9.84. The summed E-state index contributed by atoms with van der Waals surface area (Å²) in [7, 11) is 2.81. The third-order valence-corrected chi connectivity index (χ3v) is 5.02. The van der Waals surface area contributed by atoms with E-state index < -0.39 is 0 Å². The van der Waals surface area contributed by atoms with E-state index in [0.717, 1.165) is 31.0 Å². The summed E-state index contributed by atoms with van der Waals surface area (Å²) in [5.74, 6) is 0.968. The Balaban J connectivity index is 2.98. The lowest BCUT2D eigenvalue weighted by atomic mass is 9.77. The minimum absolute atomic E-state index is 0.0684. The Morgan fingerprint density at radius 2 is 1.71 bits per heavy atom. The van der Waals surface area contributed by atoms with Gasteiger partial charge in [-0.2, -0.15) is 0 Å². The van der Waals surface area contributed by atoms with Gasteiger partial charge in [-0.1, -0.05) is 52.8 Å². The van der Waals surface area contributed by atoms with Crippen LogP contribution >= 0.6 is 9.24 Å². The fourth-order valence-electron chi connectivity index (χ4n) is 3.22. The molecule has 0 aromatic heterocycles. The highest BCUT2D eigenvalue weighted by Crippen LogP contribution is 2.32. The average molecular weight is 306 g/mol. The lowest BCUT2D eigenvalue weighted by Crippen LogP contribution is -2.22. The molecule has 0 aliphatic rings. The van der Waals surface area contributed by atoms with Crippen molar-refractivity contribution >= 4 is 15.0 Å². The number of carbonyl (C=O) groups is 1. The SMILES string of the molecule is CCc1cccc(CC)c1C(=O)CC(C)(C)CC(C)CP. The highest BCUT2D eigenvalue weighted by Gasteiger charge is 2.26. The van der Waals surface area contributed by atoms with Crippen LogP contribution in [0.2, 0.25) is 0 Å². The van der Waals surface area contributed by atoms with E-state index in [1.54, 1.807) is 0 Å². The fourth-order valence-corrected chi connectivity index (χ4v) is 3.39. The van der Waals surface area contributed by atoms with Gasteiger partial charge < -0.3 is 0 Å². The minimum atomic E-state index is 0.0684. The smallest absolute Gasteiger partial charge is 0.163 e. The molecule has 0 bridgehead atoms. The van der Waals surface area contributed by atoms with Crippen LogP contribution in [0.4, 0.5) is 0 Å². The van der Waals surface area contributed by atoms with Crippen LogP contribution in [0.5, 0.6) is 0 Å². The molecule has 0 radical (unpaired) electrons. The summed E-state index contributed by atoms with van der Waals surface area (Å²) in [6, 6.07) is 6.28. The molecule has 1 nitrogen and oxygen atoms in total. The number of Topliss-reactive ketones (excluding diaryl/α,β-unsaturated/α-hetero) is 1. The molecule has 0 fully saturated rings. The molecule has 1 aromatic rings. The molecule has 0 amide bonds. The lowest BCUT2D eigenvalue weighted by molar-refractivity contribution is 0.0916. The number of hydrogen-bond acceptors (Lipinski definition) is 1. The Bertz CT molecular complexity index is 454. The first-order valence-corrected chi connectivity index (χ1v) is 9.00. The summed E-state index contributed by atoms with van der Waals surface area (Å²) in [6.07, 6.45) is 4.70. The van der Waals surface area contributed by atoms with Crippen LogP contribution in [-0.2, 0) is 12.8 Å². The zero-order valence-corrected chi connectivity index (χ0v) is 15.5. The first-order valence-electron chi connectivity index (χ1n) is 8.18. The normalized spacial score (nSPS) is 13.2. The van der Waals surface area contributed by atoms with Crippen molar-refractivity contribution in [2.75, 3.05) is 6.16 Å². The molecule has 0 saturated carbocycles. The molecule has 118 valence electrons. The maximum absolute atomic E-state index is 12.9. The van der Waals surface area contributed by atoms with Crippen LogP contribution in [0.1, 0.15) is 68.9 Å². The van der Waals surface area contributed by atoms with Gasteiger partial charge in [0.05, 0.1) is 0 Å². The molecule has 0 aliphatic carbocycles. The third kappa shape index (κ3) is 5.22. The van der Waals surface area contributed by atoms with Gasteiger partial charge in [-0.3, -0.25) is 4.79 Å². The molecule has 2 unspecified atom stereocenters. The number of hydrogen-bond donors (Lipinski definition) is 0. The summed E-state index contributed by atoms with van der Waals surface area (Å²) < 4.78 is 0. The van der Waals surface area contributed by atoms with Gasteiger partial charge in [0.25, 0.3) is 0 Å². The second kappa shape index (κ2) is 8.08. The molecule has 1 aromatic carbocycles. The van der Waals surface area contributed by atoms with Crippen molar-refractivity contribution in [2.24, 2.45) is 11.3 Å². The molecule has 21 heavy (non-hydrogen) atoms. The van der Waals surface area contributed by atoms with Gasteiger partial charge in [0.1, 0.15) is 0 Å². The fraction of sp³-hybridized carbons (Fsp3) is 0.632. The highest BCUT2D eigenvalue weighted by molar-refractivity contribution is 7.16. The van der Waals surface area contributed by atoms with Gasteiger partial charge in [0.15, 0.2) is 5.78 Å². The summed E-state index contributed by atoms with van der Waals surface area (Å²) >= 11 is 0. The molecule has 2 heteroatoms. The van der Waals surface area contributed by atoms with Crippen LogP contribution in [0.25, 0.3) is 0 Å². The summed E-state index contributed by atoms with van der Waals surface area (Å²) in [5.41, 5.74) is 3.47. The van der Waals surface area contributed by atoms with E-state index in [9.17, 15) is 4.79 Å². The predicted octanol–water partition coefficient (Wildman–Crippen LogP) is 5.31. The number of aryl methyl sites for hydroxylation is 2. The van der Waals surface area contributed by atoms with Crippen molar-refractivity contribution in [1.82, 2.24) is 0 Å². The van der Waals surface area contributed by atoms with Gasteiger partial charge in [-0.05, 0) is 47.9 Å². The van der Waals surface area contributed by atoms with Crippen molar-refractivity contribution in [1.29, 1.82) is 0 Å². The van der Waals surface area contributed by atoms with Gasteiger partial charge >= 0.3 is 0 Å². The van der Waals surface area contributed by atoms with E-state index in [1.807, 2.05) is 0 Å². The number of carbonyl (C=O) groups excluding carboxylic acids is 1. The maximum Gasteiger partial charge on any atom is 0.163 e. The molecule has 0 saturated heterocycles. The lowest BCUT2D eigenvalue weighted by Gasteiger charge is -2.27. The molecular weight excluding hydrogens is 275 g/mol. The summed E-state index contributed by atoms with van der Waals surface area (Å²) in [5, 5.41) is 0. The van der Waals surface area contributed by atoms with Crippen molar-refractivity contribution in [3.8, 4) is 0 Å². The van der Waals surface area contributed by atoms with Crippen molar-refractivity contribution in [3.63, 3.8) is 0 Å². The minimum Gasteiger partial charge on any atom is -0.294 e. The Morgan fingerprint density at radius 3 is 2.14 bits per heavy atom. The maximum atomic E-state index is 12.9. The predicted molar refractivity (Wildman–Crippen MR) is 96.3 cm³/mol. The van der Waals surface area contributed by atoms with Crippen LogP contribution in [0.3, 0.4) is 0 Å². The Kier molecular flexibility index (Phi) is 7.07. The van der Waals surface area contributed by atoms with E-state index >= 15 is 0 Å². The molecule has 2 atom stereocenters. The number of rotatable bonds is 8. The van der Waals surface area contributed by atoms with E-state index in [2.05, 4.69) is 62.1 Å². The quantitative estimate of drug-likeness (QED) is 0.470. The molecule has 0 heterocycles. The highest BCUT2D eigenvalue weighted by atomic mass is 31.0. The first kappa shape index (κ1) is 18.4. The van der Waals surface area contributed by atoms with E-state index in [0.29, 0.717) is 18.1 Å². The Hall–Kier alpha value is -0.680. The molecule has 0 aliphatic heterocycles. The van der Waals surface area contributed by atoms with Crippen LogP contribution in [-0.4, -0.2) is 11.9 Å². The summed E-state index contributed by atoms with van der Waals surface area (Å²) in [4.78, 5) is 12.9. The van der Waals surface area contributed by atoms with Crippen LogP contribution in [0.15, 0.2) is 18.2 Å². The monoisotopic (exact) mass is 306 g/mol. The van der Waals surface area contributed by atoms with Gasteiger partial charge in [0, 0.05) is 12.0 Å². The number of ketones is 1. The van der Waals surface area contributed by atoms with Crippen molar-refractivity contribution in [2.45, 2.75) is 60.3 Å². The topological polar surface area (TPSA) is 17.1 Å². The van der Waals surface area contributed by atoms with E-state index in [1.165, 1.54) is 11.1 Å². The second-order valence-electron chi connectivity index (χ2n) is 6.97. The molecule has 0 N–H and O–H groups in total. The zero-order chi connectivity index (χ0) is 16.0. The van der Waals surface area contributed by atoms with Gasteiger partial charge in [0.2, 0.25) is 0 Å². The van der Waals surface area contributed by atoms with Gasteiger partial charge in [-0.25, -0.2) is 0 Å². The van der Waals surface area contributed by atoms with Crippen LogP contribution < -0.4 is 0 Å². The second-order valence-corrected chi connectivity index (χ2v) is 7.44. The average Bonchev–Trinajstić information content (AvgIpc) is 2.44. The summed E-state index contributed by atoms with van der Waals surface area (Å²) in [6.45, 7) is 11.0. The molecule has 1 rings (SSSR count). The van der Waals surface area contributed by atoms with Crippen molar-refractivity contribution < 1.29 is 4.79 Å². The Morgan fingerprint density at radius 1 is 1.19 bits per heavy atom. The van der Waals surface area contributed by atoms with Crippen molar-refractivity contribution in [3.05, 3.63) is 34.9 Å². The Labute approximate surface area is 133 Å². The largest absolute Gasteiger partial charge is 0.294 e. The zero-order valence-electron chi connectivity index (χ0n) is 14.3. The standard InChI is InChI=1S/C19H31OP/c1-6-15-9-8-10-16(7-2)18(15)17(20)12-19(4,5)11-14(3)13-21/h8-10,14H,6-7,11-13,21H2,1-5H3. The third-order valence-electron chi connectivity index (χ3n) is 4.22. The van der Waals surface area contributed by atoms with Gasteiger partial charge in [-0.15, -0.1) is 9.24 Å². The molecule has 0 spiro atoms. The van der Waals surface area contributed by atoms with Crippen LogP contribution in [0, 0.1) is 11.3 Å². The van der Waals surface area contributed by atoms with E-state index in [4.69, 9.17) is 0 Å². The van der Waals surface area contributed by atoms with E-state index in [-0.39, 0.29) is 5.41 Å².